The van der Waals surface area contributed by atoms with Crippen molar-refractivity contribution in [3.8, 4) is 5.75 Å². The topological polar surface area (TPSA) is 58.0 Å². The lowest BCUT2D eigenvalue weighted by Crippen LogP contribution is -2.49. The standard InChI is InChI=1S/C25H29N3O3/c1-19-5-7-20(8-6-19)25(29)26-18-23(24-4-3-17-31-24)28-15-13-27(14-16-28)21-9-11-22(30-2)12-10-21/h3-12,17,23H,13-16,18H2,1-2H3,(H,26,29). The second-order valence-corrected chi connectivity index (χ2v) is 7.83. The predicted molar refractivity (Wildman–Crippen MR) is 122 cm³/mol. The van der Waals surface area contributed by atoms with Crippen LogP contribution in [0.15, 0.2) is 71.3 Å². The van der Waals surface area contributed by atoms with E-state index in [2.05, 4.69) is 27.2 Å². The van der Waals surface area contributed by atoms with Crippen molar-refractivity contribution in [2.24, 2.45) is 0 Å². The number of nitrogens with one attached hydrogen (secondary N) is 1. The predicted octanol–water partition coefficient (Wildman–Crippen LogP) is 3.89. The van der Waals surface area contributed by atoms with Gasteiger partial charge in [0, 0.05) is 44.0 Å². The number of carbonyl (C=O) groups is 1. The highest BCUT2D eigenvalue weighted by atomic mass is 16.5. The quantitative estimate of drug-likeness (QED) is 0.630. The molecule has 1 N–H and O–H groups in total. The second-order valence-electron chi connectivity index (χ2n) is 7.83. The first-order valence-electron chi connectivity index (χ1n) is 10.7. The molecule has 1 aliphatic rings. The molecule has 1 saturated heterocycles. The fraction of sp³-hybridized carbons (Fsp3) is 0.320. The van der Waals surface area contributed by atoms with Gasteiger partial charge in [0.15, 0.2) is 0 Å². The van der Waals surface area contributed by atoms with Gasteiger partial charge in [0.05, 0.1) is 19.4 Å². The normalized spacial score (nSPS) is 15.5. The van der Waals surface area contributed by atoms with Crippen LogP contribution in [-0.2, 0) is 0 Å². The summed E-state index contributed by atoms with van der Waals surface area (Å²) in [7, 11) is 1.68. The van der Waals surface area contributed by atoms with Gasteiger partial charge < -0.3 is 19.4 Å². The molecule has 0 radical (unpaired) electrons. The van der Waals surface area contributed by atoms with Crippen LogP contribution < -0.4 is 15.0 Å². The summed E-state index contributed by atoms with van der Waals surface area (Å²) in [6, 6.07) is 19.7. The van der Waals surface area contributed by atoms with Gasteiger partial charge in [-0.25, -0.2) is 0 Å². The summed E-state index contributed by atoms with van der Waals surface area (Å²) in [5.41, 5.74) is 3.01. The average Bonchev–Trinajstić information content (AvgIpc) is 3.35. The lowest BCUT2D eigenvalue weighted by Gasteiger charge is -2.39. The maximum Gasteiger partial charge on any atom is 0.251 e. The Kier molecular flexibility index (Phi) is 6.57. The SMILES string of the molecule is COc1ccc(N2CCN(C(CNC(=O)c3ccc(C)cc3)c3ccco3)CC2)cc1. The Hall–Kier alpha value is -3.25. The van der Waals surface area contributed by atoms with Crippen molar-refractivity contribution >= 4 is 11.6 Å². The molecular formula is C25H29N3O3. The Labute approximate surface area is 183 Å². The van der Waals surface area contributed by atoms with E-state index in [1.54, 1.807) is 13.4 Å². The third-order valence-corrected chi connectivity index (χ3v) is 5.83. The number of methoxy groups -OCH3 is 1. The van der Waals surface area contributed by atoms with E-state index in [4.69, 9.17) is 9.15 Å². The summed E-state index contributed by atoms with van der Waals surface area (Å²) in [6.45, 7) is 6.11. The molecule has 1 unspecified atom stereocenters. The van der Waals surface area contributed by atoms with Gasteiger partial charge in [-0.2, -0.15) is 0 Å². The second kappa shape index (κ2) is 9.71. The van der Waals surface area contributed by atoms with Crippen LogP contribution in [0.1, 0.15) is 27.7 Å². The zero-order chi connectivity index (χ0) is 21.6. The summed E-state index contributed by atoms with van der Waals surface area (Å²) in [4.78, 5) is 17.4. The monoisotopic (exact) mass is 419 g/mol. The maximum absolute atomic E-state index is 12.6. The van der Waals surface area contributed by atoms with Crippen LogP contribution in [0.2, 0.25) is 0 Å². The van der Waals surface area contributed by atoms with E-state index in [1.807, 2.05) is 55.5 Å². The van der Waals surface area contributed by atoms with Gasteiger partial charge in [-0.1, -0.05) is 17.7 Å². The number of ether oxygens (including phenoxy) is 1. The minimum Gasteiger partial charge on any atom is -0.497 e. The van der Waals surface area contributed by atoms with Gasteiger partial charge in [0.1, 0.15) is 11.5 Å². The lowest BCUT2D eigenvalue weighted by molar-refractivity contribution is 0.0923. The van der Waals surface area contributed by atoms with Crippen molar-refractivity contribution in [3.63, 3.8) is 0 Å². The molecule has 6 nitrogen and oxygen atoms in total. The number of benzene rings is 2. The van der Waals surface area contributed by atoms with Crippen LogP contribution in [-0.4, -0.2) is 50.6 Å². The molecule has 2 aromatic carbocycles. The first kappa shape index (κ1) is 21.0. The van der Waals surface area contributed by atoms with Crippen LogP contribution in [0.5, 0.6) is 5.75 Å². The van der Waals surface area contributed by atoms with Gasteiger partial charge in [-0.15, -0.1) is 0 Å². The van der Waals surface area contributed by atoms with E-state index >= 15 is 0 Å². The van der Waals surface area contributed by atoms with Gasteiger partial charge in [0.25, 0.3) is 5.91 Å². The molecule has 1 fully saturated rings. The molecule has 0 aliphatic carbocycles. The Morgan fingerprint density at radius 3 is 2.35 bits per heavy atom. The lowest BCUT2D eigenvalue weighted by atomic mass is 10.1. The zero-order valence-electron chi connectivity index (χ0n) is 18.1. The van der Waals surface area contributed by atoms with E-state index in [0.717, 1.165) is 43.3 Å². The smallest absolute Gasteiger partial charge is 0.251 e. The minimum absolute atomic E-state index is 0.00224. The highest BCUT2D eigenvalue weighted by Gasteiger charge is 2.27. The number of amides is 1. The molecule has 2 heterocycles. The summed E-state index contributed by atoms with van der Waals surface area (Å²) in [5.74, 6) is 1.68. The Morgan fingerprint density at radius 1 is 1.03 bits per heavy atom. The van der Waals surface area contributed by atoms with Crippen LogP contribution in [0.4, 0.5) is 5.69 Å². The minimum atomic E-state index is -0.0616. The molecule has 4 rings (SSSR count). The number of anilines is 1. The fourth-order valence-electron chi connectivity index (χ4n) is 3.97. The van der Waals surface area contributed by atoms with Crippen LogP contribution in [0.25, 0.3) is 0 Å². The highest BCUT2D eigenvalue weighted by Crippen LogP contribution is 2.25. The molecule has 162 valence electrons. The molecule has 0 spiro atoms. The van der Waals surface area contributed by atoms with Crippen molar-refractivity contribution in [2.75, 3.05) is 44.7 Å². The van der Waals surface area contributed by atoms with Crippen LogP contribution >= 0.6 is 0 Å². The van der Waals surface area contributed by atoms with Gasteiger partial charge in [-0.05, 0) is 55.5 Å². The molecule has 6 heteroatoms. The van der Waals surface area contributed by atoms with E-state index in [-0.39, 0.29) is 11.9 Å². The zero-order valence-corrected chi connectivity index (χ0v) is 18.1. The van der Waals surface area contributed by atoms with Crippen molar-refractivity contribution in [1.82, 2.24) is 10.2 Å². The maximum atomic E-state index is 12.6. The molecule has 1 amide bonds. The van der Waals surface area contributed by atoms with Gasteiger partial charge in [0.2, 0.25) is 0 Å². The summed E-state index contributed by atoms with van der Waals surface area (Å²) < 4.78 is 11.0. The number of hydrogen-bond acceptors (Lipinski definition) is 5. The average molecular weight is 420 g/mol. The molecule has 1 aromatic heterocycles. The molecule has 31 heavy (non-hydrogen) atoms. The molecule has 0 saturated carbocycles. The fourth-order valence-corrected chi connectivity index (χ4v) is 3.97. The number of hydrogen-bond donors (Lipinski definition) is 1. The van der Waals surface area contributed by atoms with Crippen LogP contribution in [0.3, 0.4) is 0 Å². The van der Waals surface area contributed by atoms with Crippen molar-refractivity contribution < 1.29 is 13.9 Å². The van der Waals surface area contributed by atoms with Crippen LogP contribution in [0, 0.1) is 6.92 Å². The van der Waals surface area contributed by atoms with Crippen molar-refractivity contribution in [1.29, 1.82) is 0 Å². The number of carbonyl (C=O) groups excluding carboxylic acids is 1. The number of rotatable bonds is 7. The third kappa shape index (κ3) is 5.09. The van der Waals surface area contributed by atoms with Gasteiger partial charge >= 0.3 is 0 Å². The molecular weight excluding hydrogens is 390 g/mol. The van der Waals surface area contributed by atoms with Crippen molar-refractivity contribution in [3.05, 3.63) is 83.8 Å². The number of piperazine rings is 1. The van der Waals surface area contributed by atoms with Gasteiger partial charge in [-0.3, -0.25) is 9.69 Å². The van der Waals surface area contributed by atoms with E-state index < -0.39 is 0 Å². The number of furan rings is 1. The number of aryl methyl sites for hydroxylation is 1. The Morgan fingerprint density at radius 2 is 1.74 bits per heavy atom. The third-order valence-electron chi connectivity index (χ3n) is 5.83. The van der Waals surface area contributed by atoms with E-state index in [0.29, 0.717) is 12.1 Å². The summed E-state index contributed by atoms with van der Waals surface area (Å²) in [5, 5.41) is 3.09. The molecule has 1 aliphatic heterocycles. The largest absolute Gasteiger partial charge is 0.497 e. The first-order valence-corrected chi connectivity index (χ1v) is 10.7. The summed E-state index contributed by atoms with van der Waals surface area (Å²) >= 11 is 0. The van der Waals surface area contributed by atoms with E-state index in [9.17, 15) is 4.79 Å². The molecule has 0 bridgehead atoms. The van der Waals surface area contributed by atoms with E-state index in [1.165, 1.54) is 5.69 Å². The summed E-state index contributed by atoms with van der Waals surface area (Å²) in [6.07, 6.45) is 1.69. The highest BCUT2D eigenvalue weighted by molar-refractivity contribution is 5.94. The Balaban J connectivity index is 1.39. The Bertz CT molecular complexity index is 960. The van der Waals surface area contributed by atoms with Crippen molar-refractivity contribution in [2.45, 2.75) is 13.0 Å². The molecule has 1 atom stereocenters. The molecule has 3 aromatic rings. The first-order chi connectivity index (χ1) is 15.1. The number of nitrogens with zero attached hydrogens (tertiary/aromatic N) is 2.